The maximum absolute atomic E-state index is 10.3. The Hall–Kier alpha value is -0.480. The van der Waals surface area contributed by atoms with Gasteiger partial charge in [0.15, 0.2) is 11.1 Å². The lowest BCUT2D eigenvalue weighted by Gasteiger charge is -2.03. The van der Waals surface area contributed by atoms with Crippen molar-refractivity contribution in [2.24, 2.45) is 0 Å². The van der Waals surface area contributed by atoms with Crippen molar-refractivity contribution in [1.82, 2.24) is 4.31 Å². The van der Waals surface area contributed by atoms with Gasteiger partial charge in [-0.05, 0) is 27.7 Å². The second kappa shape index (κ2) is 20.8. The molecule has 0 aliphatic heterocycles. The van der Waals surface area contributed by atoms with Crippen LogP contribution in [0.2, 0.25) is 0 Å². The Morgan fingerprint density at radius 2 is 1.05 bits per heavy atom. The molecule has 9 heteroatoms. The van der Waals surface area contributed by atoms with Crippen molar-refractivity contribution >= 4 is 33.9 Å². The Kier molecular flexibility index (Phi) is 28.9. The van der Waals surface area contributed by atoms with Crippen LogP contribution in [-0.2, 0) is 40.3 Å². The molecular weight excluding hydrogens is 306 g/mol. The highest BCUT2D eigenvalue weighted by atomic mass is 32.2. The van der Waals surface area contributed by atoms with Gasteiger partial charge in [0, 0.05) is 20.4 Å². The van der Waals surface area contributed by atoms with Gasteiger partial charge < -0.3 is 9.59 Å². The van der Waals surface area contributed by atoms with Crippen LogP contribution in [0.15, 0.2) is 0 Å². The molecule has 0 rings (SSSR count). The summed E-state index contributed by atoms with van der Waals surface area (Å²) in [6.45, 7) is 6.11. The van der Waals surface area contributed by atoms with Crippen LogP contribution in [0, 0.1) is 0 Å². The first-order valence-electron chi connectivity index (χ1n) is 5.38. The molecule has 0 spiro atoms. The maximum atomic E-state index is 10.3. The molecule has 0 saturated heterocycles. The van der Waals surface area contributed by atoms with Gasteiger partial charge in [-0.1, -0.05) is 0 Å². The summed E-state index contributed by atoms with van der Waals surface area (Å²) < 4.78 is 30.1. The van der Waals surface area contributed by atoms with Crippen LogP contribution in [0.1, 0.15) is 27.7 Å². The smallest absolute Gasteiger partial charge is 0.236 e. The highest BCUT2D eigenvalue weighted by Gasteiger charge is 1.95. The van der Waals surface area contributed by atoms with Crippen molar-refractivity contribution in [3.05, 3.63) is 0 Å². The van der Waals surface area contributed by atoms with Gasteiger partial charge in [-0.15, -0.1) is 0 Å². The van der Waals surface area contributed by atoms with E-state index in [1.165, 1.54) is 52.5 Å². The van der Waals surface area contributed by atoms with E-state index in [1.807, 2.05) is 0 Å². The molecule has 0 aromatic heterocycles. The summed E-state index contributed by atoms with van der Waals surface area (Å²) in [5.41, 5.74) is 0. The standard InChI is InChI=1S/C3H9NO2S.2C3H6O.C2H6O2S/c1-4(2)7(5)6-3;2*1-3(2)4;1-4-5(2)3/h1-3H3;2*1-2H3;1-2H3. The summed E-state index contributed by atoms with van der Waals surface area (Å²) in [6.07, 6.45) is 1.47. The van der Waals surface area contributed by atoms with Crippen LogP contribution in [0.3, 0.4) is 0 Å². The molecule has 0 bridgehead atoms. The van der Waals surface area contributed by atoms with E-state index in [-0.39, 0.29) is 11.6 Å². The summed E-state index contributed by atoms with van der Waals surface area (Å²) in [5, 5.41) is 0. The van der Waals surface area contributed by atoms with Crippen LogP contribution in [0.5, 0.6) is 0 Å². The Balaban J connectivity index is -0.0000000883. The first-order valence-corrected chi connectivity index (χ1v) is 7.89. The maximum Gasteiger partial charge on any atom is 0.236 e. The molecular formula is C11H27NO6S2. The molecule has 2 unspecified atom stereocenters. The van der Waals surface area contributed by atoms with E-state index < -0.39 is 22.3 Å². The van der Waals surface area contributed by atoms with Gasteiger partial charge in [0.2, 0.25) is 11.3 Å². The molecule has 0 aromatic rings. The lowest BCUT2D eigenvalue weighted by Crippen LogP contribution is -2.15. The zero-order chi connectivity index (χ0) is 17.3. The van der Waals surface area contributed by atoms with E-state index in [0.717, 1.165) is 0 Å². The zero-order valence-corrected chi connectivity index (χ0v) is 15.3. The highest BCUT2D eigenvalue weighted by molar-refractivity contribution is 7.79. The minimum Gasteiger partial charge on any atom is -0.300 e. The van der Waals surface area contributed by atoms with Crippen molar-refractivity contribution in [2.45, 2.75) is 27.7 Å². The van der Waals surface area contributed by atoms with Crippen LogP contribution in [0.25, 0.3) is 0 Å². The van der Waals surface area contributed by atoms with E-state index in [1.54, 1.807) is 14.1 Å². The Morgan fingerprint density at radius 1 is 0.850 bits per heavy atom. The molecule has 2 atom stereocenters. The fourth-order valence-electron chi connectivity index (χ4n) is 0.149. The quantitative estimate of drug-likeness (QED) is 0.762. The summed E-state index contributed by atoms with van der Waals surface area (Å²) in [5.74, 6) is 0.333. The number of carbonyl (C=O) groups is 2. The summed E-state index contributed by atoms with van der Waals surface area (Å²) in [6, 6.07) is 0. The minimum atomic E-state index is -1.25. The fourth-order valence-corrected chi connectivity index (χ4v) is 0.447. The Labute approximate surface area is 127 Å². The first-order chi connectivity index (χ1) is 8.91. The van der Waals surface area contributed by atoms with Crippen molar-refractivity contribution in [3.8, 4) is 0 Å². The van der Waals surface area contributed by atoms with Gasteiger partial charge in [-0.2, -0.15) is 0 Å². The predicted molar refractivity (Wildman–Crippen MR) is 82.6 cm³/mol. The largest absolute Gasteiger partial charge is 0.300 e. The summed E-state index contributed by atoms with van der Waals surface area (Å²) in [7, 11) is 6.16. The molecule has 0 radical (unpaired) electrons. The third-order valence-electron chi connectivity index (χ3n) is 0.675. The van der Waals surface area contributed by atoms with Gasteiger partial charge in [0.25, 0.3) is 0 Å². The highest BCUT2D eigenvalue weighted by Crippen LogP contribution is 1.82. The van der Waals surface area contributed by atoms with Gasteiger partial charge in [0.1, 0.15) is 11.6 Å². The second-order valence-electron chi connectivity index (χ2n) is 3.58. The van der Waals surface area contributed by atoms with Crippen LogP contribution >= 0.6 is 0 Å². The SMILES string of the molecule is CC(C)=O.CC(C)=O.COS(=O)N(C)C.COS(C)=O. The molecule has 20 heavy (non-hydrogen) atoms. The van der Waals surface area contributed by atoms with E-state index in [2.05, 4.69) is 8.37 Å². The van der Waals surface area contributed by atoms with Crippen LogP contribution in [0.4, 0.5) is 0 Å². The first kappa shape index (κ1) is 27.8. The lowest BCUT2D eigenvalue weighted by atomic mass is 10.6. The summed E-state index contributed by atoms with van der Waals surface area (Å²) in [4.78, 5) is 18.9. The average molecular weight is 333 g/mol. The van der Waals surface area contributed by atoms with E-state index in [4.69, 9.17) is 0 Å². The van der Waals surface area contributed by atoms with Crippen molar-refractivity contribution < 1.29 is 26.4 Å². The number of nitrogens with zero attached hydrogens (tertiary/aromatic N) is 1. The molecule has 7 nitrogen and oxygen atoms in total. The van der Waals surface area contributed by atoms with Crippen molar-refractivity contribution in [2.75, 3.05) is 34.6 Å². The molecule has 0 saturated carbocycles. The normalized spacial score (nSPS) is 11.5. The van der Waals surface area contributed by atoms with Gasteiger partial charge in [-0.25, -0.2) is 12.7 Å². The topological polar surface area (TPSA) is 90.0 Å². The molecule has 0 aromatic carbocycles. The van der Waals surface area contributed by atoms with Crippen LogP contribution < -0.4 is 0 Å². The molecule has 0 N–H and O–H groups in total. The number of Topliss-reactive ketones (excluding diaryl/α,β-unsaturated/α-hetero) is 2. The van der Waals surface area contributed by atoms with Crippen molar-refractivity contribution in [1.29, 1.82) is 0 Å². The fraction of sp³-hybridized carbons (Fsp3) is 0.818. The number of hydrogen-bond acceptors (Lipinski definition) is 6. The lowest BCUT2D eigenvalue weighted by molar-refractivity contribution is -0.115. The monoisotopic (exact) mass is 333 g/mol. The molecule has 0 aliphatic rings. The zero-order valence-electron chi connectivity index (χ0n) is 13.7. The third-order valence-corrected chi connectivity index (χ3v) is 2.03. The molecule has 0 aliphatic carbocycles. The Morgan fingerprint density at radius 3 is 1.05 bits per heavy atom. The van der Waals surface area contributed by atoms with Gasteiger partial charge >= 0.3 is 0 Å². The van der Waals surface area contributed by atoms with E-state index in [9.17, 15) is 18.0 Å². The van der Waals surface area contributed by atoms with Gasteiger partial charge in [0.05, 0.1) is 14.2 Å². The average Bonchev–Trinajstić information content (AvgIpc) is 2.27. The third kappa shape index (κ3) is 84.6. The van der Waals surface area contributed by atoms with Crippen LogP contribution in [-0.4, -0.2) is 58.9 Å². The predicted octanol–water partition coefficient (Wildman–Crippen LogP) is 0.890. The molecule has 0 heterocycles. The van der Waals surface area contributed by atoms with Gasteiger partial charge in [-0.3, -0.25) is 8.37 Å². The molecule has 0 amide bonds. The molecule has 0 fully saturated rings. The van der Waals surface area contributed by atoms with Crippen molar-refractivity contribution in [3.63, 3.8) is 0 Å². The molecule has 124 valence electrons. The van der Waals surface area contributed by atoms with E-state index in [0.29, 0.717) is 0 Å². The number of rotatable bonds is 3. The summed E-state index contributed by atoms with van der Waals surface area (Å²) >= 11 is -2.32. The number of ketones is 2. The number of hydrogen-bond donors (Lipinski definition) is 0. The second-order valence-corrected chi connectivity index (χ2v) is 6.21. The minimum absolute atomic E-state index is 0.167. The number of carbonyl (C=O) groups excluding carboxylic acids is 2. The Bertz CT molecular complexity index is 275. The van der Waals surface area contributed by atoms with E-state index >= 15 is 0 Å².